The van der Waals surface area contributed by atoms with Gasteiger partial charge >= 0.3 is 0 Å². The number of carbonyl (C=O) groups is 3. The molecule has 3 N–H and O–H groups in total. The van der Waals surface area contributed by atoms with Crippen molar-refractivity contribution in [1.29, 1.82) is 0 Å². The topological polar surface area (TPSA) is 109 Å². The Hall–Kier alpha value is -3.49. The summed E-state index contributed by atoms with van der Waals surface area (Å²) in [5.41, 5.74) is 1.70. The van der Waals surface area contributed by atoms with E-state index >= 15 is 0 Å². The SMILES string of the molecule is CCC[C@H](NC(=O)[C@H](NC(=O)[C@H](C)Cc1cccc(F)c1)C(C)C)C(=O)NCCCc1cccnc1OCC(C)C. The van der Waals surface area contributed by atoms with Gasteiger partial charge in [-0.2, -0.15) is 0 Å². The summed E-state index contributed by atoms with van der Waals surface area (Å²) in [5, 5.41) is 8.63. The van der Waals surface area contributed by atoms with Gasteiger partial charge in [0.2, 0.25) is 23.6 Å². The fourth-order valence-corrected chi connectivity index (χ4v) is 4.36. The number of hydrogen-bond acceptors (Lipinski definition) is 5. The largest absolute Gasteiger partial charge is 0.477 e. The molecule has 0 spiro atoms. The lowest BCUT2D eigenvalue weighted by Gasteiger charge is -2.26. The standard InChI is InChI=1S/C32H47FN4O4/c1-7-11-27(30(39)34-16-9-13-25-14-10-17-35-32(25)41-20-21(2)3)36-31(40)28(22(4)5)37-29(38)23(6)18-24-12-8-15-26(33)19-24/h8,10,12,14-15,17,19,21-23,27-28H,7,9,11,13,16,18,20H2,1-6H3,(H,34,39)(H,36,40)(H,37,38)/t23-,27+,28-/m1/s1. The molecule has 0 unspecified atom stereocenters. The molecular weight excluding hydrogens is 523 g/mol. The van der Waals surface area contributed by atoms with Crippen LogP contribution < -0.4 is 20.7 Å². The van der Waals surface area contributed by atoms with Crippen molar-refractivity contribution in [2.45, 2.75) is 85.7 Å². The minimum atomic E-state index is -0.806. The summed E-state index contributed by atoms with van der Waals surface area (Å²) in [6, 6.07) is 8.47. The average molecular weight is 571 g/mol. The van der Waals surface area contributed by atoms with Gasteiger partial charge in [-0.1, -0.05) is 66.2 Å². The van der Waals surface area contributed by atoms with E-state index in [1.165, 1.54) is 12.1 Å². The first-order valence-electron chi connectivity index (χ1n) is 14.7. The molecule has 2 rings (SSSR count). The maximum atomic E-state index is 13.5. The van der Waals surface area contributed by atoms with Crippen LogP contribution in [0.2, 0.25) is 0 Å². The van der Waals surface area contributed by atoms with Gasteiger partial charge in [-0.05, 0) is 61.3 Å². The van der Waals surface area contributed by atoms with Crippen molar-refractivity contribution in [3.8, 4) is 5.88 Å². The molecule has 0 bridgehead atoms. The lowest BCUT2D eigenvalue weighted by molar-refractivity contribution is -0.134. The molecule has 41 heavy (non-hydrogen) atoms. The average Bonchev–Trinajstić information content (AvgIpc) is 2.92. The van der Waals surface area contributed by atoms with Crippen molar-refractivity contribution < 1.29 is 23.5 Å². The Bertz CT molecular complexity index is 1120. The maximum absolute atomic E-state index is 13.5. The highest BCUT2D eigenvalue weighted by Gasteiger charge is 2.29. The Morgan fingerprint density at radius 1 is 0.976 bits per heavy atom. The second-order valence-corrected chi connectivity index (χ2v) is 11.4. The Labute approximate surface area is 244 Å². The van der Waals surface area contributed by atoms with E-state index in [1.54, 1.807) is 25.3 Å². The monoisotopic (exact) mass is 570 g/mol. The van der Waals surface area contributed by atoms with Crippen molar-refractivity contribution in [2.75, 3.05) is 13.2 Å². The normalized spacial score (nSPS) is 13.4. The molecule has 3 amide bonds. The molecule has 3 atom stereocenters. The second kappa shape index (κ2) is 17.4. The molecule has 0 radical (unpaired) electrons. The van der Waals surface area contributed by atoms with Crippen LogP contribution in [0, 0.1) is 23.6 Å². The van der Waals surface area contributed by atoms with Crippen LogP contribution in [0.15, 0.2) is 42.6 Å². The van der Waals surface area contributed by atoms with E-state index in [2.05, 4.69) is 34.8 Å². The van der Waals surface area contributed by atoms with Crippen molar-refractivity contribution in [2.24, 2.45) is 17.8 Å². The number of hydrogen-bond donors (Lipinski definition) is 3. The predicted molar refractivity (Wildman–Crippen MR) is 159 cm³/mol. The van der Waals surface area contributed by atoms with Crippen LogP contribution in [-0.4, -0.2) is 47.9 Å². The Kier molecular flexibility index (Phi) is 14.3. The van der Waals surface area contributed by atoms with Gasteiger partial charge in [0.1, 0.15) is 17.9 Å². The van der Waals surface area contributed by atoms with Crippen molar-refractivity contribution in [1.82, 2.24) is 20.9 Å². The van der Waals surface area contributed by atoms with Crippen molar-refractivity contribution in [3.05, 3.63) is 59.5 Å². The molecule has 2 aromatic rings. The fourth-order valence-electron chi connectivity index (χ4n) is 4.36. The molecule has 0 aliphatic heterocycles. The lowest BCUT2D eigenvalue weighted by atomic mass is 9.97. The van der Waals surface area contributed by atoms with Crippen LogP contribution in [0.1, 0.15) is 71.9 Å². The van der Waals surface area contributed by atoms with Crippen LogP contribution >= 0.6 is 0 Å². The first-order valence-corrected chi connectivity index (χ1v) is 14.7. The molecule has 226 valence electrons. The summed E-state index contributed by atoms with van der Waals surface area (Å²) in [6.07, 6.45) is 4.62. The van der Waals surface area contributed by atoms with Gasteiger partial charge in [0.25, 0.3) is 0 Å². The van der Waals surface area contributed by atoms with E-state index in [-0.39, 0.29) is 23.5 Å². The molecule has 0 aliphatic carbocycles. The van der Waals surface area contributed by atoms with E-state index in [4.69, 9.17) is 4.74 Å². The molecule has 1 aromatic heterocycles. The molecule has 0 aliphatic rings. The van der Waals surface area contributed by atoms with Gasteiger partial charge in [0.05, 0.1) is 6.61 Å². The first kappa shape index (κ1) is 33.7. The molecule has 1 aromatic carbocycles. The number of aromatic nitrogens is 1. The van der Waals surface area contributed by atoms with E-state index in [9.17, 15) is 18.8 Å². The summed E-state index contributed by atoms with van der Waals surface area (Å²) in [7, 11) is 0. The summed E-state index contributed by atoms with van der Waals surface area (Å²) in [6.45, 7) is 12.6. The molecule has 8 nitrogen and oxygen atoms in total. The highest BCUT2D eigenvalue weighted by atomic mass is 19.1. The van der Waals surface area contributed by atoms with E-state index in [1.807, 2.05) is 32.9 Å². The molecule has 0 saturated carbocycles. The summed E-state index contributed by atoms with van der Waals surface area (Å²) in [5.74, 6) is -0.955. The number of nitrogens with one attached hydrogen (secondary N) is 3. The molecule has 0 fully saturated rings. The minimum Gasteiger partial charge on any atom is -0.477 e. The van der Waals surface area contributed by atoms with E-state index in [0.29, 0.717) is 62.6 Å². The number of aryl methyl sites for hydroxylation is 1. The van der Waals surface area contributed by atoms with Gasteiger partial charge in [-0.15, -0.1) is 0 Å². The third-order valence-corrected chi connectivity index (χ3v) is 6.66. The summed E-state index contributed by atoms with van der Waals surface area (Å²) in [4.78, 5) is 43.5. The summed E-state index contributed by atoms with van der Waals surface area (Å²) >= 11 is 0. The van der Waals surface area contributed by atoms with E-state index < -0.39 is 23.9 Å². The van der Waals surface area contributed by atoms with Crippen LogP contribution in [0.3, 0.4) is 0 Å². The number of pyridine rings is 1. The summed E-state index contributed by atoms with van der Waals surface area (Å²) < 4.78 is 19.4. The number of amides is 3. The predicted octanol–water partition coefficient (Wildman–Crippen LogP) is 4.61. The van der Waals surface area contributed by atoms with Crippen LogP contribution in [0.25, 0.3) is 0 Å². The Morgan fingerprint density at radius 2 is 1.73 bits per heavy atom. The molecular formula is C32H47FN4O4. The van der Waals surface area contributed by atoms with Gasteiger partial charge in [0.15, 0.2) is 0 Å². The van der Waals surface area contributed by atoms with Gasteiger partial charge in [0, 0.05) is 24.2 Å². The van der Waals surface area contributed by atoms with Gasteiger partial charge in [-0.3, -0.25) is 14.4 Å². The van der Waals surface area contributed by atoms with Crippen molar-refractivity contribution >= 4 is 17.7 Å². The quantitative estimate of drug-likeness (QED) is 0.241. The number of ether oxygens (including phenoxy) is 1. The molecule has 1 heterocycles. The van der Waals surface area contributed by atoms with Crippen LogP contribution in [0.4, 0.5) is 4.39 Å². The number of benzene rings is 1. The van der Waals surface area contributed by atoms with Crippen LogP contribution in [-0.2, 0) is 27.2 Å². The highest BCUT2D eigenvalue weighted by Crippen LogP contribution is 2.17. The smallest absolute Gasteiger partial charge is 0.243 e. The van der Waals surface area contributed by atoms with Gasteiger partial charge < -0.3 is 20.7 Å². The Balaban J connectivity index is 1.91. The third kappa shape index (κ3) is 11.9. The number of rotatable bonds is 17. The number of carbonyl (C=O) groups excluding carboxylic acids is 3. The minimum absolute atomic E-state index is 0.197. The first-order chi connectivity index (χ1) is 19.5. The second-order valence-electron chi connectivity index (χ2n) is 11.4. The third-order valence-electron chi connectivity index (χ3n) is 6.66. The zero-order chi connectivity index (χ0) is 30.4. The Morgan fingerprint density at radius 3 is 2.39 bits per heavy atom. The molecule has 0 saturated heterocycles. The van der Waals surface area contributed by atoms with E-state index in [0.717, 1.165) is 5.56 Å². The number of nitrogens with zero attached hydrogens (tertiary/aromatic N) is 1. The van der Waals surface area contributed by atoms with Crippen LogP contribution in [0.5, 0.6) is 5.88 Å². The van der Waals surface area contributed by atoms with Crippen molar-refractivity contribution in [3.63, 3.8) is 0 Å². The fraction of sp³-hybridized carbons (Fsp3) is 0.562. The zero-order valence-electron chi connectivity index (χ0n) is 25.3. The lowest BCUT2D eigenvalue weighted by Crippen LogP contribution is -2.56. The van der Waals surface area contributed by atoms with Gasteiger partial charge in [-0.25, -0.2) is 9.37 Å². The number of halogens is 1. The maximum Gasteiger partial charge on any atom is 0.243 e. The molecule has 9 heteroatoms. The highest BCUT2D eigenvalue weighted by molar-refractivity contribution is 5.92. The zero-order valence-corrected chi connectivity index (χ0v) is 25.3.